The van der Waals surface area contributed by atoms with Gasteiger partial charge in [0.05, 0.1) is 12.2 Å². The Kier molecular flexibility index (Phi) is 4.17. The summed E-state index contributed by atoms with van der Waals surface area (Å²) in [5, 5.41) is 0.132. The summed E-state index contributed by atoms with van der Waals surface area (Å²) in [5.74, 6) is -2.72. The smallest absolute Gasteiger partial charge is 0.268 e. The van der Waals surface area contributed by atoms with Crippen LogP contribution in [0.15, 0.2) is 24.3 Å². The molecular weight excluding hydrogens is 343 g/mol. The third-order valence-corrected chi connectivity index (χ3v) is 4.24. The summed E-state index contributed by atoms with van der Waals surface area (Å²) in [6, 6.07) is 4.38. The number of benzene rings is 2. The Bertz CT molecular complexity index is 821. The van der Waals surface area contributed by atoms with E-state index >= 15 is 0 Å². The maximum absolute atomic E-state index is 14.4. The predicted molar refractivity (Wildman–Crippen MR) is 83.8 cm³/mol. The van der Waals surface area contributed by atoms with Crippen molar-refractivity contribution in [2.45, 2.75) is 26.5 Å². The van der Waals surface area contributed by atoms with Crippen molar-refractivity contribution < 1.29 is 22.7 Å². The Balaban J connectivity index is 2.09. The van der Waals surface area contributed by atoms with E-state index in [0.717, 1.165) is 18.2 Å². The highest BCUT2D eigenvalue weighted by Crippen LogP contribution is 2.41. The number of anilines is 1. The fourth-order valence-electron chi connectivity index (χ4n) is 2.61. The summed E-state index contributed by atoms with van der Waals surface area (Å²) in [6.07, 6.45) is -0.925. The molecule has 0 fully saturated rings. The van der Waals surface area contributed by atoms with E-state index in [1.165, 1.54) is 24.8 Å². The molecule has 0 saturated heterocycles. The molecule has 1 heterocycles. The second kappa shape index (κ2) is 6.02. The lowest BCUT2D eigenvalue weighted by Crippen LogP contribution is -2.44. The summed E-state index contributed by atoms with van der Waals surface area (Å²) < 4.78 is 46.5. The molecule has 0 bridgehead atoms. The second-order valence-corrected chi connectivity index (χ2v) is 6.01. The monoisotopic (exact) mass is 355 g/mol. The molecule has 0 saturated carbocycles. The molecule has 0 spiro atoms. The van der Waals surface area contributed by atoms with Gasteiger partial charge >= 0.3 is 0 Å². The van der Waals surface area contributed by atoms with Gasteiger partial charge in [-0.2, -0.15) is 0 Å². The van der Waals surface area contributed by atoms with Crippen LogP contribution >= 0.6 is 11.6 Å². The Labute approximate surface area is 141 Å². The third kappa shape index (κ3) is 2.82. The molecule has 0 N–H and O–H groups in total. The van der Waals surface area contributed by atoms with E-state index in [1.54, 1.807) is 0 Å². The van der Waals surface area contributed by atoms with E-state index < -0.39 is 29.5 Å². The molecule has 0 aromatic heterocycles. The summed E-state index contributed by atoms with van der Waals surface area (Å²) >= 11 is 6.00. The van der Waals surface area contributed by atoms with E-state index in [9.17, 15) is 18.0 Å². The number of carbonyl (C=O) groups is 1. The molecule has 0 radical (unpaired) electrons. The molecule has 1 unspecified atom stereocenters. The van der Waals surface area contributed by atoms with Crippen LogP contribution < -0.4 is 9.64 Å². The zero-order valence-electron chi connectivity index (χ0n) is 12.9. The summed E-state index contributed by atoms with van der Waals surface area (Å²) in [7, 11) is 0. The van der Waals surface area contributed by atoms with E-state index in [1.807, 2.05) is 0 Å². The lowest BCUT2D eigenvalue weighted by Gasteiger charge is -2.33. The standard InChI is InChI=1S/C17H13ClF3NO2/c1-8-13(18)6-14-16(15(8)21)24-9(2)17(23)22(14)7-10-3-11(19)5-12(20)4-10/h3-6,9H,7H2,1-2H3. The molecule has 7 heteroatoms. The number of carbonyl (C=O) groups excluding carboxylic acids is 1. The number of fused-ring (bicyclic) bond motifs is 1. The minimum absolute atomic E-state index is 0.0964. The predicted octanol–water partition coefficient (Wildman–Crippen LogP) is 4.38. The molecule has 2 aromatic carbocycles. The van der Waals surface area contributed by atoms with Crippen molar-refractivity contribution in [3.63, 3.8) is 0 Å². The van der Waals surface area contributed by atoms with Crippen molar-refractivity contribution in [2.75, 3.05) is 4.90 Å². The highest BCUT2D eigenvalue weighted by molar-refractivity contribution is 6.31. The number of hydrogen-bond donors (Lipinski definition) is 0. The molecule has 126 valence electrons. The number of amides is 1. The quantitative estimate of drug-likeness (QED) is 0.800. The van der Waals surface area contributed by atoms with E-state index in [2.05, 4.69) is 0 Å². The number of hydrogen-bond acceptors (Lipinski definition) is 2. The number of halogens is 4. The average molecular weight is 356 g/mol. The van der Waals surface area contributed by atoms with E-state index in [-0.39, 0.29) is 34.1 Å². The van der Waals surface area contributed by atoms with Crippen molar-refractivity contribution in [1.82, 2.24) is 0 Å². The maximum Gasteiger partial charge on any atom is 0.268 e. The van der Waals surface area contributed by atoms with E-state index in [4.69, 9.17) is 16.3 Å². The molecule has 1 aliphatic heterocycles. The SMILES string of the molecule is Cc1c(Cl)cc2c(c1F)OC(C)C(=O)N2Cc1cc(F)cc(F)c1. The molecule has 24 heavy (non-hydrogen) atoms. The summed E-state index contributed by atoms with van der Waals surface area (Å²) in [4.78, 5) is 13.6. The number of ether oxygens (including phenoxy) is 1. The zero-order valence-corrected chi connectivity index (χ0v) is 13.6. The minimum atomic E-state index is -0.925. The van der Waals surface area contributed by atoms with Crippen LogP contribution in [0.1, 0.15) is 18.1 Å². The largest absolute Gasteiger partial charge is 0.476 e. The first-order chi connectivity index (χ1) is 11.3. The highest BCUT2D eigenvalue weighted by Gasteiger charge is 2.34. The molecular formula is C17H13ClF3NO2. The average Bonchev–Trinajstić information content (AvgIpc) is 2.50. The van der Waals surface area contributed by atoms with Gasteiger partial charge in [0.1, 0.15) is 11.6 Å². The van der Waals surface area contributed by atoms with E-state index in [0.29, 0.717) is 0 Å². The molecule has 1 atom stereocenters. The van der Waals surface area contributed by atoms with Gasteiger partial charge in [0, 0.05) is 16.7 Å². The first-order valence-corrected chi connectivity index (χ1v) is 7.57. The minimum Gasteiger partial charge on any atom is -0.476 e. The first-order valence-electron chi connectivity index (χ1n) is 7.19. The van der Waals surface area contributed by atoms with Crippen molar-refractivity contribution in [2.24, 2.45) is 0 Å². The fraction of sp³-hybridized carbons (Fsp3) is 0.235. The summed E-state index contributed by atoms with van der Waals surface area (Å²) in [5.41, 5.74) is 0.572. The van der Waals surface area contributed by atoms with Gasteiger partial charge in [-0.3, -0.25) is 4.79 Å². The van der Waals surface area contributed by atoms with Crippen LogP contribution in [-0.4, -0.2) is 12.0 Å². The van der Waals surface area contributed by atoms with Crippen LogP contribution in [0.4, 0.5) is 18.9 Å². The number of nitrogens with zero attached hydrogens (tertiary/aromatic N) is 1. The first kappa shape index (κ1) is 16.6. The molecule has 3 rings (SSSR count). The van der Waals surface area contributed by atoms with Gasteiger partial charge in [-0.25, -0.2) is 13.2 Å². The number of rotatable bonds is 2. The lowest BCUT2D eigenvalue weighted by atomic mass is 10.1. The van der Waals surface area contributed by atoms with Crippen molar-refractivity contribution in [3.05, 3.63) is 57.9 Å². The third-order valence-electron chi connectivity index (χ3n) is 3.85. The van der Waals surface area contributed by atoms with Gasteiger partial charge in [-0.05, 0) is 37.6 Å². The van der Waals surface area contributed by atoms with Crippen molar-refractivity contribution in [3.8, 4) is 5.75 Å². The fourth-order valence-corrected chi connectivity index (χ4v) is 2.79. The highest BCUT2D eigenvalue weighted by atomic mass is 35.5. The molecule has 1 aliphatic rings. The Hall–Kier alpha value is -2.21. The van der Waals surface area contributed by atoms with Gasteiger partial charge in [0.2, 0.25) is 0 Å². The Morgan fingerprint density at radius 1 is 1.17 bits per heavy atom. The van der Waals surface area contributed by atoms with Crippen LogP contribution in [0.2, 0.25) is 5.02 Å². The topological polar surface area (TPSA) is 29.5 Å². The van der Waals surface area contributed by atoms with Crippen LogP contribution in [-0.2, 0) is 11.3 Å². The van der Waals surface area contributed by atoms with Gasteiger partial charge in [-0.1, -0.05) is 11.6 Å². The normalized spacial score (nSPS) is 16.8. The zero-order chi connectivity index (χ0) is 17.6. The maximum atomic E-state index is 14.4. The Morgan fingerprint density at radius 3 is 2.42 bits per heavy atom. The van der Waals surface area contributed by atoms with Gasteiger partial charge in [0.25, 0.3) is 5.91 Å². The molecule has 0 aliphatic carbocycles. The van der Waals surface area contributed by atoms with Crippen LogP contribution in [0, 0.1) is 24.4 Å². The van der Waals surface area contributed by atoms with Crippen LogP contribution in [0.25, 0.3) is 0 Å². The molecule has 2 aromatic rings. The van der Waals surface area contributed by atoms with Crippen LogP contribution in [0.5, 0.6) is 5.75 Å². The van der Waals surface area contributed by atoms with Crippen LogP contribution in [0.3, 0.4) is 0 Å². The Morgan fingerprint density at radius 2 is 1.79 bits per heavy atom. The van der Waals surface area contributed by atoms with Gasteiger partial charge in [-0.15, -0.1) is 0 Å². The van der Waals surface area contributed by atoms with Gasteiger partial charge < -0.3 is 9.64 Å². The van der Waals surface area contributed by atoms with Crippen molar-refractivity contribution in [1.29, 1.82) is 0 Å². The molecule has 3 nitrogen and oxygen atoms in total. The summed E-state index contributed by atoms with van der Waals surface area (Å²) in [6.45, 7) is 2.84. The van der Waals surface area contributed by atoms with Gasteiger partial charge in [0.15, 0.2) is 17.7 Å². The lowest BCUT2D eigenvalue weighted by molar-refractivity contribution is -0.125. The molecule has 1 amide bonds. The van der Waals surface area contributed by atoms with Crippen molar-refractivity contribution >= 4 is 23.2 Å². The second-order valence-electron chi connectivity index (χ2n) is 5.61.